The van der Waals surface area contributed by atoms with Gasteiger partial charge in [-0.2, -0.15) is 18.4 Å². The van der Waals surface area contributed by atoms with Crippen molar-refractivity contribution in [3.8, 4) is 17.7 Å². The standard InChI is InChI=1S/C24H17F3N6O2S/c25-24(26,27)17-10-15(12-30-18(17)11-28)32-20-21(36-20)33(23(22(32)34)7-1-8-23)14-2-4-16(5-3-14)35-19-6-9-29-13-31-19/h2-6,9-10,12-13,20-21H,1,7-8H2. The highest BCUT2D eigenvalue weighted by Crippen LogP contribution is 2.59. The highest BCUT2D eigenvalue weighted by molar-refractivity contribution is 8.08. The summed E-state index contributed by atoms with van der Waals surface area (Å²) in [6.45, 7) is 0. The minimum atomic E-state index is -4.75. The molecule has 2 saturated heterocycles. The molecular formula is C24H17F3N6O2S. The van der Waals surface area contributed by atoms with E-state index in [-0.39, 0.29) is 22.3 Å². The van der Waals surface area contributed by atoms with Crippen molar-refractivity contribution in [1.29, 1.82) is 5.26 Å². The molecule has 3 aromatic rings. The molecule has 4 heterocycles. The molecule has 1 saturated carbocycles. The van der Waals surface area contributed by atoms with Crippen LogP contribution in [0.4, 0.5) is 24.5 Å². The molecule has 1 aliphatic carbocycles. The normalized spacial score (nSPS) is 22.0. The van der Waals surface area contributed by atoms with Gasteiger partial charge in [0.05, 0.1) is 17.4 Å². The molecule has 2 atom stereocenters. The third kappa shape index (κ3) is 3.53. The van der Waals surface area contributed by atoms with Crippen LogP contribution in [-0.2, 0) is 11.0 Å². The first-order valence-corrected chi connectivity index (χ1v) is 12.1. The summed E-state index contributed by atoms with van der Waals surface area (Å²) in [7, 11) is 0. The number of hydrogen-bond donors (Lipinski definition) is 0. The first kappa shape index (κ1) is 22.6. The average molecular weight is 511 g/mol. The van der Waals surface area contributed by atoms with Crippen LogP contribution in [0.25, 0.3) is 0 Å². The molecule has 1 amide bonds. The van der Waals surface area contributed by atoms with E-state index in [1.54, 1.807) is 24.4 Å². The molecule has 2 aliphatic heterocycles. The first-order valence-electron chi connectivity index (χ1n) is 11.1. The van der Waals surface area contributed by atoms with Crippen molar-refractivity contribution in [1.82, 2.24) is 15.0 Å². The minimum Gasteiger partial charge on any atom is -0.439 e. The van der Waals surface area contributed by atoms with Gasteiger partial charge in [-0.05, 0) is 49.6 Å². The van der Waals surface area contributed by atoms with Crippen molar-refractivity contribution in [3.05, 3.63) is 66.4 Å². The molecule has 1 aromatic carbocycles. The number of nitriles is 1. The zero-order valence-electron chi connectivity index (χ0n) is 18.5. The lowest BCUT2D eigenvalue weighted by Gasteiger charge is -2.54. The molecule has 0 radical (unpaired) electrons. The number of ether oxygens (including phenoxy) is 1. The van der Waals surface area contributed by atoms with Crippen molar-refractivity contribution in [2.45, 2.75) is 41.7 Å². The summed E-state index contributed by atoms with van der Waals surface area (Å²) < 4.78 is 46.4. The third-order valence-electron chi connectivity index (χ3n) is 6.67. The molecule has 6 rings (SSSR count). The fourth-order valence-electron chi connectivity index (χ4n) is 4.81. The second kappa shape index (κ2) is 8.09. The predicted molar refractivity (Wildman–Crippen MR) is 124 cm³/mol. The van der Waals surface area contributed by atoms with Crippen LogP contribution in [0, 0.1) is 11.3 Å². The first-order chi connectivity index (χ1) is 17.3. The molecule has 182 valence electrons. The maximum absolute atomic E-state index is 13.8. The molecular weight excluding hydrogens is 493 g/mol. The Balaban J connectivity index is 1.31. The lowest BCUT2D eigenvalue weighted by molar-refractivity contribution is -0.138. The smallest absolute Gasteiger partial charge is 0.419 e. The Bertz CT molecular complexity index is 1380. The number of rotatable bonds is 4. The van der Waals surface area contributed by atoms with Gasteiger partial charge < -0.3 is 9.64 Å². The number of carbonyl (C=O) groups excluding carboxylic acids is 1. The Morgan fingerprint density at radius 1 is 1.11 bits per heavy atom. The van der Waals surface area contributed by atoms with E-state index in [9.17, 15) is 18.0 Å². The summed E-state index contributed by atoms with van der Waals surface area (Å²) in [4.78, 5) is 29.0. The molecule has 36 heavy (non-hydrogen) atoms. The molecule has 8 nitrogen and oxygen atoms in total. The number of nitrogens with zero attached hydrogens (tertiary/aromatic N) is 6. The van der Waals surface area contributed by atoms with E-state index >= 15 is 0 Å². The number of carbonyl (C=O) groups is 1. The van der Waals surface area contributed by atoms with Crippen molar-refractivity contribution >= 4 is 29.0 Å². The number of benzene rings is 1. The highest BCUT2D eigenvalue weighted by Gasteiger charge is 2.66. The number of thioether (sulfide) groups is 1. The third-order valence-corrected chi connectivity index (χ3v) is 7.85. The van der Waals surface area contributed by atoms with Crippen molar-refractivity contribution in [3.63, 3.8) is 0 Å². The molecule has 0 N–H and O–H groups in total. The van der Waals surface area contributed by atoms with Crippen molar-refractivity contribution in [2.24, 2.45) is 0 Å². The molecule has 3 fully saturated rings. The van der Waals surface area contributed by atoms with Gasteiger partial charge >= 0.3 is 6.18 Å². The van der Waals surface area contributed by atoms with E-state index in [0.717, 1.165) is 18.2 Å². The number of aromatic nitrogens is 3. The monoisotopic (exact) mass is 510 g/mol. The predicted octanol–water partition coefficient (Wildman–Crippen LogP) is 4.73. The number of alkyl halides is 3. The number of amides is 1. The summed E-state index contributed by atoms with van der Waals surface area (Å²) in [6, 6.07) is 11.3. The zero-order valence-corrected chi connectivity index (χ0v) is 19.3. The van der Waals surface area contributed by atoms with Gasteiger partial charge in [0.2, 0.25) is 5.88 Å². The van der Waals surface area contributed by atoms with E-state index in [1.807, 2.05) is 12.1 Å². The Morgan fingerprint density at radius 3 is 2.50 bits per heavy atom. The van der Waals surface area contributed by atoms with Gasteiger partial charge in [0.15, 0.2) is 5.69 Å². The van der Waals surface area contributed by atoms with Gasteiger partial charge in [-0.1, -0.05) is 0 Å². The molecule has 12 heteroatoms. The van der Waals surface area contributed by atoms with Gasteiger partial charge in [0, 0.05) is 18.0 Å². The Labute approximate surface area is 207 Å². The largest absolute Gasteiger partial charge is 0.439 e. The van der Waals surface area contributed by atoms with Crippen LogP contribution in [0.1, 0.15) is 30.5 Å². The van der Waals surface area contributed by atoms with Crippen LogP contribution in [0.5, 0.6) is 11.6 Å². The van der Waals surface area contributed by atoms with Crippen LogP contribution in [-0.4, -0.2) is 37.1 Å². The Hall–Kier alpha value is -3.85. The van der Waals surface area contributed by atoms with E-state index in [4.69, 9.17) is 10.00 Å². The molecule has 2 unspecified atom stereocenters. The summed E-state index contributed by atoms with van der Waals surface area (Å²) >= 11 is 1.50. The van der Waals surface area contributed by atoms with E-state index in [2.05, 4.69) is 19.9 Å². The fraction of sp³-hybridized carbons (Fsp3) is 0.292. The number of hydrogen-bond acceptors (Lipinski definition) is 8. The maximum Gasteiger partial charge on any atom is 0.419 e. The van der Waals surface area contributed by atoms with E-state index in [1.165, 1.54) is 35.3 Å². The van der Waals surface area contributed by atoms with Gasteiger partial charge in [0.25, 0.3) is 5.91 Å². The lowest BCUT2D eigenvalue weighted by Crippen LogP contribution is -2.69. The van der Waals surface area contributed by atoms with Crippen LogP contribution >= 0.6 is 11.8 Å². The SMILES string of the molecule is N#Cc1ncc(N2C(=O)C3(CCC3)N(c3ccc(Oc4ccncn4)cc3)C3SC32)cc1C(F)(F)F. The second-order valence-electron chi connectivity index (χ2n) is 8.69. The van der Waals surface area contributed by atoms with Crippen molar-refractivity contribution < 1.29 is 22.7 Å². The number of piperazine rings is 1. The molecule has 2 aromatic heterocycles. The molecule has 1 spiro atoms. The van der Waals surface area contributed by atoms with Gasteiger partial charge in [-0.3, -0.25) is 9.69 Å². The van der Waals surface area contributed by atoms with Crippen LogP contribution in [0.15, 0.2) is 55.1 Å². The highest BCUT2D eigenvalue weighted by atomic mass is 32.2. The van der Waals surface area contributed by atoms with E-state index < -0.39 is 23.0 Å². The second-order valence-corrected chi connectivity index (χ2v) is 9.93. The van der Waals surface area contributed by atoms with Gasteiger partial charge in [0.1, 0.15) is 34.4 Å². The topological polar surface area (TPSA) is 95.2 Å². The average Bonchev–Trinajstić information content (AvgIpc) is 3.62. The van der Waals surface area contributed by atoms with Gasteiger partial charge in [-0.25, -0.2) is 15.0 Å². The number of anilines is 2. The summed E-state index contributed by atoms with van der Waals surface area (Å²) in [6.07, 6.45) is 1.44. The fourth-order valence-corrected chi connectivity index (χ4v) is 6.03. The van der Waals surface area contributed by atoms with Crippen LogP contribution in [0.3, 0.4) is 0 Å². The van der Waals surface area contributed by atoms with E-state index in [0.29, 0.717) is 24.5 Å². The molecule has 0 bridgehead atoms. The van der Waals surface area contributed by atoms with Crippen LogP contribution < -0.4 is 14.5 Å². The van der Waals surface area contributed by atoms with Crippen LogP contribution in [0.2, 0.25) is 0 Å². The minimum absolute atomic E-state index is 0.0610. The molecule has 3 aliphatic rings. The van der Waals surface area contributed by atoms with Crippen molar-refractivity contribution in [2.75, 3.05) is 9.80 Å². The summed E-state index contributed by atoms with van der Waals surface area (Å²) in [5.41, 5.74) is -1.79. The van der Waals surface area contributed by atoms with Gasteiger partial charge in [-0.15, -0.1) is 11.8 Å². The Kier molecular flexibility index (Phi) is 5.08. The zero-order chi connectivity index (χ0) is 25.1. The lowest BCUT2D eigenvalue weighted by atomic mass is 9.72. The summed E-state index contributed by atoms with van der Waals surface area (Å²) in [5.74, 6) is 0.735. The number of halogens is 3. The number of fused-ring (bicyclic) bond motifs is 1. The number of pyridine rings is 1. The quantitative estimate of drug-likeness (QED) is 0.465. The maximum atomic E-state index is 13.8. The Morgan fingerprint density at radius 2 is 1.89 bits per heavy atom. The summed E-state index contributed by atoms with van der Waals surface area (Å²) in [5, 5.41) is 8.61.